The smallest absolute Gasteiger partial charge is 0.239 e. The quantitative estimate of drug-likeness (QED) is 0.699. The van der Waals surface area contributed by atoms with Crippen molar-refractivity contribution in [1.29, 1.82) is 0 Å². The minimum Gasteiger partial charge on any atom is -0.457 e. The van der Waals surface area contributed by atoms with Crippen molar-refractivity contribution in [2.24, 2.45) is 0 Å². The Morgan fingerprint density at radius 1 is 0.714 bits per heavy atom. The van der Waals surface area contributed by atoms with Crippen LogP contribution in [-0.2, 0) is 0 Å². The molecule has 0 unspecified atom stereocenters. The van der Waals surface area contributed by atoms with E-state index in [4.69, 9.17) is 21.1 Å². The predicted octanol–water partition coefficient (Wildman–Crippen LogP) is 4.71. The fraction of sp³-hybridized carbons (Fsp3) is 0. The van der Waals surface area contributed by atoms with Gasteiger partial charge in [-0.25, -0.2) is 0 Å². The van der Waals surface area contributed by atoms with Crippen molar-refractivity contribution in [1.82, 2.24) is 9.97 Å². The number of hydrogen-bond acceptors (Lipinski definition) is 4. The lowest BCUT2D eigenvalue weighted by Gasteiger charge is -2.07. The summed E-state index contributed by atoms with van der Waals surface area (Å²) < 4.78 is 11.2. The van der Waals surface area contributed by atoms with Gasteiger partial charge in [0.2, 0.25) is 5.88 Å². The van der Waals surface area contributed by atoms with E-state index >= 15 is 0 Å². The average Bonchev–Trinajstić information content (AvgIpc) is 2.50. The normalized spacial score (nSPS) is 10.1. The van der Waals surface area contributed by atoms with Crippen LogP contribution in [0.15, 0.2) is 67.0 Å². The summed E-state index contributed by atoms with van der Waals surface area (Å²) in [6, 6.07) is 16.8. The van der Waals surface area contributed by atoms with Crippen molar-refractivity contribution in [3.63, 3.8) is 0 Å². The third kappa shape index (κ3) is 3.70. The Hall–Kier alpha value is -2.59. The van der Waals surface area contributed by atoms with E-state index in [1.54, 1.807) is 12.1 Å². The molecule has 3 aromatic rings. The first-order chi connectivity index (χ1) is 10.3. The standard InChI is InChI=1S/C16H11ClN2O2/c17-15-10-18-11-16(19-15)21-14-8-6-13(7-9-14)20-12-4-2-1-3-5-12/h1-11H. The molecule has 0 radical (unpaired) electrons. The molecule has 0 aliphatic carbocycles. The summed E-state index contributed by atoms with van der Waals surface area (Å²) in [5.41, 5.74) is 0. The lowest BCUT2D eigenvalue weighted by molar-refractivity contribution is 0.454. The third-order valence-electron chi connectivity index (χ3n) is 2.61. The minimum absolute atomic E-state index is 0.288. The van der Waals surface area contributed by atoms with E-state index in [1.807, 2.05) is 42.5 Å². The Morgan fingerprint density at radius 2 is 1.33 bits per heavy atom. The molecule has 0 spiro atoms. The number of ether oxygens (including phenoxy) is 2. The minimum atomic E-state index is 0.288. The largest absolute Gasteiger partial charge is 0.457 e. The van der Waals surface area contributed by atoms with Crippen molar-refractivity contribution >= 4 is 11.6 Å². The monoisotopic (exact) mass is 298 g/mol. The van der Waals surface area contributed by atoms with Crippen LogP contribution in [0.2, 0.25) is 5.15 Å². The van der Waals surface area contributed by atoms with Gasteiger partial charge in [-0.05, 0) is 36.4 Å². The van der Waals surface area contributed by atoms with Crippen molar-refractivity contribution < 1.29 is 9.47 Å². The summed E-state index contributed by atoms with van der Waals surface area (Å²) >= 11 is 5.75. The highest BCUT2D eigenvalue weighted by Gasteiger charge is 2.02. The van der Waals surface area contributed by atoms with Gasteiger partial charge in [-0.3, -0.25) is 4.98 Å². The number of halogens is 1. The molecule has 4 nitrogen and oxygen atoms in total. The first kappa shape index (κ1) is 13.4. The topological polar surface area (TPSA) is 44.2 Å². The van der Waals surface area contributed by atoms with Crippen LogP contribution in [0.5, 0.6) is 23.1 Å². The Balaban J connectivity index is 1.69. The second-order valence-electron chi connectivity index (χ2n) is 4.17. The zero-order valence-corrected chi connectivity index (χ0v) is 11.7. The summed E-state index contributed by atoms with van der Waals surface area (Å²) in [5, 5.41) is 0.288. The number of rotatable bonds is 4. The molecule has 0 N–H and O–H groups in total. The fourth-order valence-electron chi connectivity index (χ4n) is 1.70. The third-order valence-corrected chi connectivity index (χ3v) is 2.79. The maximum atomic E-state index is 5.75. The molecule has 0 saturated heterocycles. The molecule has 0 atom stereocenters. The molecule has 0 aliphatic rings. The van der Waals surface area contributed by atoms with Crippen LogP contribution in [0, 0.1) is 0 Å². The molecule has 1 aromatic heterocycles. The van der Waals surface area contributed by atoms with Gasteiger partial charge in [-0.2, -0.15) is 4.98 Å². The van der Waals surface area contributed by atoms with Gasteiger partial charge in [-0.1, -0.05) is 29.8 Å². The van der Waals surface area contributed by atoms with Gasteiger partial charge in [0.1, 0.15) is 17.2 Å². The maximum absolute atomic E-state index is 5.75. The lowest BCUT2D eigenvalue weighted by atomic mass is 10.3. The van der Waals surface area contributed by atoms with Crippen LogP contribution >= 0.6 is 11.6 Å². The molecule has 0 bridgehead atoms. The van der Waals surface area contributed by atoms with Crippen LogP contribution in [-0.4, -0.2) is 9.97 Å². The molecule has 0 fully saturated rings. The van der Waals surface area contributed by atoms with E-state index in [-0.39, 0.29) is 5.15 Å². The van der Waals surface area contributed by atoms with Crippen molar-refractivity contribution in [3.05, 3.63) is 72.1 Å². The Kier molecular flexibility index (Phi) is 3.98. The van der Waals surface area contributed by atoms with Gasteiger partial charge < -0.3 is 9.47 Å². The summed E-state index contributed by atoms with van der Waals surface area (Å²) in [6.45, 7) is 0. The van der Waals surface area contributed by atoms with Crippen LogP contribution in [0.25, 0.3) is 0 Å². The van der Waals surface area contributed by atoms with Crippen molar-refractivity contribution in [2.75, 3.05) is 0 Å². The number of aromatic nitrogens is 2. The first-order valence-corrected chi connectivity index (χ1v) is 6.66. The highest BCUT2D eigenvalue weighted by atomic mass is 35.5. The Labute approximate surface area is 127 Å². The molecule has 5 heteroatoms. The molecular weight excluding hydrogens is 288 g/mol. The highest BCUT2D eigenvalue weighted by molar-refractivity contribution is 6.29. The summed E-state index contributed by atoms with van der Waals surface area (Å²) in [5.74, 6) is 2.49. The van der Waals surface area contributed by atoms with Gasteiger partial charge in [0, 0.05) is 0 Å². The molecule has 104 valence electrons. The number of hydrogen-bond donors (Lipinski definition) is 0. The van der Waals surface area contributed by atoms with E-state index in [9.17, 15) is 0 Å². The zero-order chi connectivity index (χ0) is 14.5. The van der Waals surface area contributed by atoms with Crippen LogP contribution in [0.3, 0.4) is 0 Å². The average molecular weight is 299 g/mol. The molecule has 3 rings (SSSR count). The molecule has 1 heterocycles. The zero-order valence-electron chi connectivity index (χ0n) is 10.9. The molecule has 0 amide bonds. The van der Waals surface area contributed by atoms with Crippen LogP contribution < -0.4 is 9.47 Å². The Bertz CT molecular complexity index is 718. The van der Waals surface area contributed by atoms with E-state index in [0.29, 0.717) is 11.6 Å². The van der Waals surface area contributed by atoms with E-state index in [1.165, 1.54) is 12.4 Å². The van der Waals surface area contributed by atoms with Gasteiger partial charge in [0.15, 0.2) is 5.15 Å². The van der Waals surface area contributed by atoms with Gasteiger partial charge >= 0.3 is 0 Å². The van der Waals surface area contributed by atoms with Gasteiger partial charge in [0.05, 0.1) is 12.4 Å². The molecule has 0 saturated carbocycles. The Morgan fingerprint density at radius 3 is 2.00 bits per heavy atom. The summed E-state index contributed by atoms with van der Waals surface area (Å²) in [6.07, 6.45) is 2.95. The number of nitrogens with zero attached hydrogens (tertiary/aromatic N) is 2. The van der Waals surface area contributed by atoms with Gasteiger partial charge in [-0.15, -0.1) is 0 Å². The van der Waals surface area contributed by atoms with Crippen molar-refractivity contribution in [3.8, 4) is 23.1 Å². The first-order valence-electron chi connectivity index (χ1n) is 6.28. The van der Waals surface area contributed by atoms with Crippen LogP contribution in [0.1, 0.15) is 0 Å². The second kappa shape index (κ2) is 6.24. The van der Waals surface area contributed by atoms with Crippen molar-refractivity contribution in [2.45, 2.75) is 0 Å². The summed E-state index contributed by atoms with van der Waals surface area (Å²) in [7, 11) is 0. The molecular formula is C16H11ClN2O2. The molecule has 0 aliphatic heterocycles. The SMILES string of the molecule is Clc1cncc(Oc2ccc(Oc3ccccc3)cc2)n1. The highest BCUT2D eigenvalue weighted by Crippen LogP contribution is 2.25. The van der Waals surface area contributed by atoms with Gasteiger partial charge in [0.25, 0.3) is 0 Å². The fourth-order valence-corrected chi connectivity index (χ4v) is 1.84. The number of para-hydroxylation sites is 1. The molecule has 2 aromatic carbocycles. The maximum Gasteiger partial charge on any atom is 0.239 e. The lowest BCUT2D eigenvalue weighted by Crippen LogP contribution is -1.89. The summed E-state index contributed by atoms with van der Waals surface area (Å²) in [4.78, 5) is 7.92. The second-order valence-corrected chi connectivity index (χ2v) is 4.56. The number of benzene rings is 2. The predicted molar refractivity (Wildman–Crippen MR) is 80.1 cm³/mol. The van der Waals surface area contributed by atoms with E-state index < -0.39 is 0 Å². The van der Waals surface area contributed by atoms with E-state index in [2.05, 4.69) is 9.97 Å². The van der Waals surface area contributed by atoms with E-state index in [0.717, 1.165) is 11.5 Å². The molecule has 21 heavy (non-hydrogen) atoms. The van der Waals surface area contributed by atoms with Crippen LogP contribution in [0.4, 0.5) is 0 Å².